The molecule has 0 aliphatic heterocycles. The van der Waals surface area contributed by atoms with E-state index in [0.29, 0.717) is 22.9 Å². The number of rotatable bonds is 7. The topological polar surface area (TPSA) is 65.8 Å². The van der Waals surface area contributed by atoms with E-state index in [1.807, 2.05) is 44.2 Å². The fourth-order valence-corrected chi connectivity index (χ4v) is 3.52. The molecule has 0 saturated heterocycles. The summed E-state index contributed by atoms with van der Waals surface area (Å²) in [4.78, 5) is 17.3. The number of nitrogens with zero attached hydrogens (tertiary/aromatic N) is 2. The molecule has 0 aliphatic rings. The minimum Gasteiger partial charge on any atom is -0.325 e. The smallest absolute Gasteiger partial charge is 0.237 e. The summed E-state index contributed by atoms with van der Waals surface area (Å²) in [6, 6.07) is 13.6. The van der Waals surface area contributed by atoms with E-state index in [4.69, 9.17) is 0 Å². The first-order chi connectivity index (χ1) is 12.4. The van der Waals surface area contributed by atoms with Gasteiger partial charge in [-0.2, -0.15) is 5.26 Å². The van der Waals surface area contributed by atoms with Crippen LogP contribution in [0.15, 0.2) is 41.4 Å². The normalized spacial score (nSPS) is 11.8. The number of carbonyl (C=O) groups excluding carboxylic acids is 1. The van der Waals surface area contributed by atoms with Crippen LogP contribution >= 0.6 is 11.8 Å². The van der Waals surface area contributed by atoms with Crippen molar-refractivity contribution in [1.29, 1.82) is 5.26 Å². The van der Waals surface area contributed by atoms with Gasteiger partial charge in [0.05, 0.1) is 10.8 Å². The average molecular weight is 368 g/mol. The molecule has 1 atom stereocenters. The van der Waals surface area contributed by atoms with Gasteiger partial charge < -0.3 is 5.32 Å². The first kappa shape index (κ1) is 20.0. The van der Waals surface area contributed by atoms with Crippen molar-refractivity contribution in [1.82, 2.24) is 4.98 Å². The van der Waals surface area contributed by atoms with Gasteiger partial charge >= 0.3 is 0 Å². The summed E-state index contributed by atoms with van der Waals surface area (Å²) in [6.45, 7) is 8.25. The number of aryl methyl sites for hydroxylation is 1. The Hall–Kier alpha value is -2.32. The number of hydrogen-bond acceptors (Lipinski definition) is 4. The molecule has 1 N–H and O–H groups in total. The second-order valence-corrected chi connectivity index (χ2v) is 7.93. The Morgan fingerprint density at radius 3 is 2.50 bits per heavy atom. The highest BCUT2D eigenvalue weighted by atomic mass is 32.2. The van der Waals surface area contributed by atoms with Gasteiger partial charge in [0.2, 0.25) is 5.91 Å². The van der Waals surface area contributed by atoms with Crippen molar-refractivity contribution >= 4 is 23.4 Å². The molecule has 1 aromatic heterocycles. The Bertz CT molecular complexity index is 794. The highest BCUT2D eigenvalue weighted by Gasteiger charge is 2.21. The van der Waals surface area contributed by atoms with Crippen LogP contribution in [0.3, 0.4) is 0 Å². The van der Waals surface area contributed by atoms with Gasteiger partial charge in [-0.25, -0.2) is 4.98 Å². The molecule has 0 fully saturated rings. The number of thioether (sulfide) groups is 1. The molecule has 1 unspecified atom stereocenters. The van der Waals surface area contributed by atoms with Crippen molar-refractivity contribution in [2.75, 3.05) is 5.32 Å². The monoisotopic (exact) mass is 367 g/mol. The average Bonchev–Trinajstić information content (AvgIpc) is 2.61. The fourth-order valence-electron chi connectivity index (χ4n) is 2.50. The third-order valence-corrected chi connectivity index (χ3v) is 5.26. The minimum absolute atomic E-state index is 0.0682. The molecule has 0 radical (unpaired) electrons. The van der Waals surface area contributed by atoms with E-state index in [0.717, 1.165) is 23.4 Å². The number of aromatic nitrogens is 1. The summed E-state index contributed by atoms with van der Waals surface area (Å²) in [6.07, 6.45) is 1.51. The molecule has 0 spiro atoms. The van der Waals surface area contributed by atoms with Gasteiger partial charge in [0.25, 0.3) is 0 Å². The summed E-state index contributed by atoms with van der Waals surface area (Å²) >= 11 is 1.37. The zero-order valence-electron chi connectivity index (χ0n) is 15.7. The summed E-state index contributed by atoms with van der Waals surface area (Å²) in [5.41, 5.74) is 3.40. The quantitative estimate of drug-likeness (QED) is 0.702. The first-order valence-corrected chi connectivity index (χ1v) is 9.75. The lowest BCUT2D eigenvalue weighted by Crippen LogP contribution is -2.24. The van der Waals surface area contributed by atoms with Crippen LogP contribution < -0.4 is 5.32 Å². The van der Waals surface area contributed by atoms with Crippen LogP contribution in [0, 0.1) is 24.2 Å². The van der Waals surface area contributed by atoms with Crippen LogP contribution in [0.25, 0.3) is 0 Å². The summed E-state index contributed by atoms with van der Waals surface area (Å²) in [5, 5.41) is 12.7. The molecule has 1 heterocycles. The van der Waals surface area contributed by atoms with Gasteiger partial charge in [0.15, 0.2) is 0 Å². The Balaban J connectivity index is 2.16. The zero-order valence-corrected chi connectivity index (χ0v) is 16.6. The van der Waals surface area contributed by atoms with Gasteiger partial charge in [0, 0.05) is 11.4 Å². The Morgan fingerprint density at radius 2 is 1.92 bits per heavy atom. The van der Waals surface area contributed by atoms with E-state index < -0.39 is 0 Å². The van der Waals surface area contributed by atoms with E-state index in [2.05, 4.69) is 30.2 Å². The first-order valence-electron chi connectivity index (χ1n) is 8.87. The molecule has 136 valence electrons. The van der Waals surface area contributed by atoms with Gasteiger partial charge in [-0.15, -0.1) is 0 Å². The molecular formula is C21H25N3OS. The van der Waals surface area contributed by atoms with E-state index in [1.54, 1.807) is 6.07 Å². The summed E-state index contributed by atoms with van der Waals surface area (Å²) in [7, 11) is 0. The molecule has 5 heteroatoms. The second kappa shape index (κ2) is 9.40. The minimum atomic E-state index is -0.301. The van der Waals surface area contributed by atoms with Crippen LogP contribution in [0.4, 0.5) is 5.69 Å². The molecule has 0 aliphatic carbocycles. The third-order valence-electron chi connectivity index (χ3n) is 3.89. The predicted octanol–water partition coefficient (Wildman–Crippen LogP) is 4.97. The van der Waals surface area contributed by atoms with Crippen molar-refractivity contribution in [3.05, 3.63) is 53.2 Å². The van der Waals surface area contributed by atoms with Crippen molar-refractivity contribution in [2.45, 2.75) is 50.8 Å². The van der Waals surface area contributed by atoms with Crippen LogP contribution in [-0.4, -0.2) is 16.1 Å². The lowest BCUT2D eigenvalue weighted by molar-refractivity contribution is -0.115. The Labute approximate surface area is 160 Å². The number of anilines is 1. The van der Waals surface area contributed by atoms with E-state index >= 15 is 0 Å². The molecule has 1 amide bonds. The second-order valence-electron chi connectivity index (χ2n) is 6.74. The number of pyridine rings is 1. The molecule has 0 bridgehead atoms. The van der Waals surface area contributed by atoms with Crippen molar-refractivity contribution in [3.63, 3.8) is 0 Å². The predicted molar refractivity (Wildman–Crippen MR) is 107 cm³/mol. The SMILES string of the molecule is CCC(Sc1nc(CC(C)C)ccc1C#N)C(=O)Nc1ccc(C)cc1. The fraction of sp³-hybridized carbons (Fsp3) is 0.381. The van der Waals surface area contributed by atoms with Gasteiger partial charge in [-0.1, -0.05) is 50.2 Å². The molecule has 2 aromatic rings. The largest absolute Gasteiger partial charge is 0.325 e. The number of hydrogen-bond donors (Lipinski definition) is 1. The lowest BCUT2D eigenvalue weighted by atomic mass is 10.1. The van der Waals surface area contributed by atoms with Crippen LogP contribution in [0.2, 0.25) is 0 Å². The van der Waals surface area contributed by atoms with Crippen molar-refractivity contribution in [2.24, 2.45) is 5.92 Å². The molecule has 1 aromatic carbocycles. The Morgan fingerprint density at radius 1 is 1.23 bits per heavy atom. The van der Waals surface area contributed by atoms with E-state index in [1.165, 1.54) is 11.8 Å². The maximum absolute atomic E-state index is 12.7. The number of benzene rings is 1. The van der Waals surface area contributed by atoms with E-state index in [9.17, 15) is 10.1 Å². The summed E-state index contributed by atoms with van der Waals surface area (Å²) in [5.74, 6) is 0.418. The van der Waals surface area contributed by atoms with Crippen LogP contribution in [0.5, 0.6) is 0 Å². The number of nitriles is 1. The van der Waals surface area contributed by atoms with Crippen molar-refractivity contribution < 1.29 is 4.79 Å². The number of carbonyl (C=O) groups is 1. The highest BCUT2D eigenvalue weighted by Crippen LogP contribution is 2.28. The number of nitrogens with one attached hydrogen (secondary N) is 1. The molecular weight excluding hydrogens is 342 g/mol. The van der Waals surface area contributed by atoms with E-state index in [-0.39, 0.29) is 11.2 Å². The van der Waals surface area contributed by atoms with Crippen LogP contribution in [0.1, 0.15) is 44.0 Å². The van der Waals surface area contributed by atoms with Gasteiger partial charge in [-0.05, 0) is 49.9 Å². The van der Waals surface area contributed by atoms with Crippen LogP contribution in [-0.2, 0) is 11.2 Å². The molecule has 4 nitrogen and oxygen atoms in total. The molecule has 0 saturated carbocycles. The maximum atomic E-state index is 12.7. The number of amides is 1. The Kier molecular flexibility index (Phi) is 7.23. The maximum Gasteiger partial charge on any atom is 0.237 e. The zero-order chi connectivity index (χ0) is 19.1. The highest BCUT2D eigenvalue weighted by molar-refractivity contribution is 8.00. The van der Waals surface area contributed by atoms with Gasteiger partial charge in [0.1, 0.15) is 11.1 Å². The third kappa shape index (κ3) is 5.60. The van der Waals surface area contributed by atoms with Gasteiger partial charge in [-0.3, -0.25) is 4.79 Å². The molecule has 26 heavy (non-hydrogen) atoms. The summed E-state index contributed by atoms with van der Waals surface area (Å²) < 4.78 is 0. The standard InChI is InChI=1S/C21H25N3OS/c1-5-19(20(25)23-17-9-6-15(4)7-10-17)26-21-16(13-22)8-11-18(24-21)12-14(2)3/h6-11,14,19H,5,12H2,1-4H3,(H,23,25). The lowest BCUT2D eigenvalue weighted by Gasteiger charge is -2.16. The van der Waals surface area contributed by atoms with Crippen molar-refractivity contribution in [3.8, 4) is 6.07 Å². The molecule has 2 rings (SSSR count).